The first-order valence-corrected chi connectivity index (χ1v) is 6.69. The molecule has 3 nitrogen and oxygen atoms in total. The molecule has 1 heterocycles. The number of morpholine rings is 1. The molecule has 2 rings (SSSR count). The number of ether oxygens (including phenoxy) is 2. The molecule has 1 aliphatic heterocycles. The summed E-state index contributed by atoms with van der Waals surface area (Å²) in [6, 6.07) is 5.13. The van der Waals surface area contributed by atoms with Gasteiger partial charge in [0.25, 0.3) is 0 Å². The highest BCUT2D eigenvalue weighted by atomic mass is 19.1. The number of nitrogens with one attached hydrogen (secondary N) is 1. The number of benzene rings is 1. The third kappa shape index (κ3) is 3.67. The maximum absolute atomic E-state index is 14.0. The largest absolute Gasteiger partial charge is 0.488 e. The van der Waals surface area contributed by atoms with Crippen LogP contribution in [0.15, 0.2) is 18.2 Å². The fraction of sp³-hybridized carbons (Fsp3) is 0.600. The lowest BCUT2D eigenvalue weighted by Gasteiger charge is -2.37. The summed E-state index contributed by atoms with van der Waals surface area (Å²) in [5.41, 5.74) is 0.799. The number of hydrogen-bond donors (Lipinski definition) is 1. The van der Waals surface area contributed by atoms with E-state index >= 15 is 0 Å². The third-order valence-corrected chi connectivity index (χ3v) is 3.03. The summed E-state index contributed by atoms with van der Waals surface area (Å²) in [4.78, 5) is 0. The summed E-state index contributed by atoms with van der Waals surface area (Å²) in [5, 5.41) is 3.46. The molecule has 0 aromatic heterocycles. The summed E-state index contributed by atoms with van der Waals surface area (Å²) >= 11 is 0. The van der Waals surface area contributed by atoms with Crippen LogP contribution >= 0.6 is 0 Å². The van der Waals surface area contributed by atoms with Crippen molar-refractivity contribution in [2.75, 3.05) is 13.2 Å². The van der Waals surface area contributed by atoms with Gasteiger partial charge in [0, 0.05) is 5.54 Å². The molecule has 1 unspecified atom stereocenters. The van der Waals surface area contributed by atoms with E-state index in [-0.39, 0.29) is 23.5 Å². The first-order valence-electron chi connectivity index (χ1n) is 6.69. The van der Waals surface area contributed by atoms with Crippen molar-refractivity contribution in [2.24, 2.45) is 0 Å². The van der Waals surface area contributed by atoms with E-state index in [1.54, 1.807) is 6.07 Å². The van der Waals surface area contributed by atoms with Crippen molar-refractivity contribution in [2.45, 2.75) is 45.4 Å². The highest BCUT2D eigenvalue weighted by molar-refractivity contribution is 5.31. The molecular formula is C15H22FNO2. The van der Waals surface area contributed by atoms with Crippen LogP contribution in [0.25, 0.3) is 0 Å². The minimum atomic E-state index is -0.323. The van der Waals surface area contributed by atoms with Crippen LogP contribution < -0.4 is 10.1 Å². The van der Waals surface area contributed by atoms with Crippen molar-refractivity contribution >= 4 is 0 Å². The number of halogens is 1. The molecule has 1 N–H and O–H groups in total. The Morgan fingerprint density at radius 1 is 1.42 bits per heavy atom. The van der Waals surface area contributed by atoms with Crippen LogP contribution in [-0.2, 0) is 4.74 Å². The Morgan fingerprint density at radius 3 is 2.74 bits per heavy atom. The van der Waals surface area contributed by atoms with E-state index in [0.29, 0.717) is 19.0 Å². The van der Waals surface area contributed by atoms with Gasteiger partial charge in [-0.15, -0.1) is 0 Å². The molecule has 0 bridgehead atoms. The first kappa shape index (κ1) is 14.3. The quantitative estimate of drug-likeness (QED) is 0.913. The van der Waals surface area contributed by atoms with Gasteiger partial charge in [-0.2, -0.15) is 0 Å². The van der Waals surface area contributed by atoms with Gasteiger partial charge in [0.2, 0.25) is 0 Å². The Hall–Kier alpha value is -1.13. The molecule has 1 fully saturated rings. The molecule has 0 aliphatic carbocycles. The highest BCUT2D eigenvalue weighted by Gasteiger charge is 2.28. The molecular weight excluding hydrogens is 245 g/mol. The van der Waals surface area contributed by atoms with Gasteiger partial charge in [-0.3, -0.25) is 0 Å². The van der Waals surface area contributed by atoms with E-state index in [2.05, 4.69) is 19.2 Å². The molecule has 1 aliphatic rings. The normalized spacial score (nSPS) is 22.5. The fourth-order valence-electron chi connectivity index (χ4n) is 2.25. The maximum Gasteiger partial charge on any atom is 0.165 e. The average molecular weight is 267 g/mol. The second-order valence-electron chi connectivity index (χ2n) is 5.95. The smallest absolute Gasteiger partial charge is 0.165 e. The summed E-state index contributed by atoms with van der Waals surface area (Å²) in [7, 11) is 0. The van der Waals surface area contributed by atoms with Crippen LogP contribution in [0.1, 0.15) is 39.3 Å². The van der Waals surface area contributed by atoms with Crippen molar-refractivity contribution in [3.05, 3.63) is 29.6 Å². The second-order valence-corrected chi connectivity index (χ2v) is 5.95. The molecule has 19 heavy (non-hydrogen) atoms. The van der Waals surface area contributed by atoms with Crippen LogP contribution in [0.2, 0.25) is 0 Å². The molecule has 0 radical (unpaired) electrons. The van der Waals surface area contributed by atoms with Gasteiger partial charge in [0.15, 0.2) is 11.6 Å². The first-order chi connectivity index (χ1) is 8.87. The molecule has 0 amide bonds. The standard InChI is InChI=1S/C15H22FNO2/c1-10(2)19-14-6-5-11(7-12(14)16)13-8-18-9-15(3,4)17-13/h5-7,10,13,17H,8-9H2,1-4H3. The number of hydrogen-bond acceptors (Lipinski definition) is 3. The predicted molar refractivity (Wildman–Crippen MR) is 72.9 cm³/mol. The monoisotopic (exact) mass is 267 g/mol. The fourth-order valence-corrected chi connectivity index (χ4v) is 2.25. The molecule has 1 aromatic rings. The lowest BCUT2D eigenvalue weighted by molar-refractivity contribution is 0.0126. The van der Waals surface area contributed by atoms with E-state index in [1.807, 2.05) is 19.9 Å². The topological polar surface area (TPSA) is 30.5 Å². The molecule has 1 atom stereocenters. The Kier molecular flexibility index (Phi) is 4.11. The Bertz CT molecular complexity index is 446. The van der Waals surface area contributed by atoms with Crippen molar-refractivity contribution < 1.29 is 13.9 Å². The summed E-state index contributed by atoms with van der Waals surface area (Å²) in [6.45, 7) is 9.14. The van der Waals surface area contributed by atoms with Crippen molar-refractivity contribution in [1.29, 1.82) is 0 Å². The minimum absolute atomic E-state index is 0.0198. The van der Waals surface area contributed by atoms with Gasteiger partial charge in [-0.25, -0.2) is 4.39 Å². The zero-order chi connectivity index (χ0) is 14.0. The van der Waals surface area contributed by atoms with Gasteiger partial charge >= 0.3 is 0 Å². The summed E-state index contributed by atoms with van der Waals surface area (Å²) in [5.74, 6) is -0.0221. The molecule has 1 saturated heterocycles. The van der Waals surface area contributed by atoms with Gasteiger partial charge < -0.3 is 14.8 Å². The van der Waals surface area contributed by atoms with Crippen molar-refractivity contribution in [3.8, 4) is 5.75 Å². The van der Waals surface area contributed by atoms with E-state index in [0.717, 1.165) is 5.56 Å². The zero-order valence-corrected chi connectivity index (χ0v) is 12.0. The lowest BCUT2D eigenvalue weighted by atomic mass is 9.99. The SMILES string of the molecule is CC(C)Oc1ccc(C2COCC(C)(C)N2)cc1F. The van der Waals surface area contributed by atoms with Gasteiger partial charge in [0.1, 0.15) is 0 Å². The van der Waals surface area contributed by atoms with Crippen LogP contribution in [-0.4, -0.2) is 24.9 Å². The minimum Gasteiger partial charge on any atom is -0.488 e. The van der Waals surface area contributed by atoms with Crippen LogP contribution in [0.3, 0.4) is 0 Å². The lowest BCUT2D eigenvalue weighted by Crippen LogP contribution is -2.51. The van der Waals surface area contributed by atoms with Crippen molar-refractivity contribution in [1.82, 2.24) is 5.32 Å². The molecule has 4 heteroatoms. The molecule has 1 aromatic carbocycles. The summed E-state index contributed by atoms with van der Waals surface area (Å²) in [6.07, 6.45) is -0.0320. The van der Waals surface area contributed by atoms with Gasteiger partial charge in [0.05, 0.1) is 25.4 Å². The average Bonchev–Trinajstić information content (AvgIpc) is 2.30. The second kappa shape index (κ2) is 5.47. The van der Waals surface area contributed by atoms with E-state index in [4.69, 9.17) is 9.47 Å². The highest BCUT2D eigenvalue weighted by Crippen LogP contribution is 2.26. The molecule has 0 saturated carbocycles. The van der Waals surface area contributed by atoms with Gasteiger partial charge in [-0.05, 0) is 45.4 Å². The van der Waals surface area contributed by atoms with Crippen LogP contribution in [0.4, 0.5) is 4.39 Å². The van der Waals surface area contributed by atoms with Crippen LogP contribution in [0, 0.1) is 5.82 Å². The molecule has 106 valence electrons. The zero-order valence-electron chi connectivity index (χ0n) is 12.0. The van der Waals surface area contributed by atoms with Gasteiger partial charge in [-0.1, -0.05) is 6.07 Å². The van der Waals surface area contributed by atoms with E-state index in [1.165, 1.54) is 6.07 Å². The van der Waals surface area contributed by atoms with Crippen molar-refractivity contribution in [3.63, 3.8) is 0 Å². The summed E-state index contributed by atoms with van der Waals surface area (Å²) < 4.78 is 24.9. The maximum atomic E-state index is 14.0. The van der Waals surface area contributed by atoms with E-state index < -0.39 is 0 Å². The van der Waals surface area contributed by atoms with Crippen LogP contribution in [0.5, 0.6) is 5.75 Å². The Labute approximate surface area is 114 Å². The molecule has 0 spiro atoms. The Balaban J connectivity index is 2.15. The van der Waals surface area contributed by atoms with E-state index in [9.17, 15) is 4.39 Å². The number of rotatable bonds is 3. The third-order valence-electron chi connectivity index (χ3n) is 3.03. The predicted octanol–water partition coefficient (Wildman–Crippen LogP) is 3.05. The Morgan fingerprint density at radius 2 is 2.16 bits per heavy atom.